The Hall–Kier alpha value is 0.705. The molecule has 0 saturated heterocycles. The molecular formula is H14Cr2N2O7-14. The first-order chi connectivity index (χ1) is 0. The summed E-state index contributed by atoms with van der Waals surface area (Å²) < 4.78 is 0. The smallest absolute Gasteiger partial charge is 0 e. The molecule has 0 saturated carbocycles. The van der Waals surface area contributed by atoms with E-state index in [1.165, 1.54) is 0 Å². The molecule has 0 aromatic heterocycles. The third kappa shape index (κ3) is 1630. The molecule has 0 spiro atoms. The van der Waals surface area contributed by atoms with Crippen LogP contribution >= 0.6 is 0 Å². The van der Waals surface area contributed by atoms with Crippen molar-refractivity contribution in [2.75, 3.05) is 0 Å². The molecule has 0 bridgehead atoms. The van der Waals surface area contributed by atoms with Gasteiger partial charge in [0.15, 0.2) is 0 Å². The van der Waals surface area contributed by atoms with Crippen LogP contribution in [0.3, 0.4) is 0 Å². The Morgan fingerprint density at radius 2 is 0.364 bits per heavy atom. The van der Waals surface area contributed by atoms with E-state index in [4.69, 9.17) is 0 Å². The van der Waals surface area contributed by atoms with E-state index in [1.807, 2.05) is 0 Å². The van der Waals surface area contributed by atoms with Gasteiger partial charge in [-0.3, -0.25) is 0 Å². The fourth-order valence-electron chi connectivity index (χ4n) is 0. The van der Waals surface area contributed by atoms with Crippen molar-refractivity contribution in [1.29, 1.82) is 0 Å². The van der Waals surface area contributed by atoms with Crippen molar-refractivity contribution in [3.05, 3.63) is 0 Å². The Morgan fingerprint density at radius 3 is 0.364 bits per heavy atom. The second-order valence-electron chi connectivity index (χ2n) is 0. The SMILES string of the molecule is N.N.[Cr].[Cr].[H].[H].[H].[H].[H].[H].[H].[H].[O-2].[O-2].[O-2].[O-2].[O-2].[O-2].[O-2]. The number of hydrogen-bond acceptors (Lipinski definition) is 2. The van der Waals surface area contributed by atoms with Gasteiger partial charge in [0.25, 0.3) is 0 Å². The van der Waals surface area contributed by atoms with E-state index in [2.05, 4.69) is 0 Å². The van der Waals surface area contributed by atoms with Crippen LogP contribution in [0.2, 0.25) is 0 Å². The molecule has 9 nitrogen and oxygen atoms in total. The maximum Gasteiger partial charge on any atom is 0 e. The van der Waals surface area contributed by atoms with Crippen LogP contribution in [0.4, 0.5) is 0 Å². The topological polar surface area (TPSA) is 270 Å². The molecule has 11 heteroatoms. The average molecular weight is 258 g/mol. The van der Waals surface area contributed by atoms with E-state index in [1.54, 1.807) is 0 Å². The summed E-state index contributed by atoms with van der Waals surface area (Å²) in [4.78, 5) is 0. The average Bonchev–Trinajstić information content (AvgIpc) is 0. The number of rotatable bonds is 0. The predicted octanol–water partition coefficient (Wildman–Crippen LogP) is 0.387. The van der Waals surface area contributed by atoms with Gasteiger partial charge in [-0.25, -0.2) is 0 Å². The molecule has 92 valence electrons. The molecule has 11 heavy (non-hydrogen) atoms. The predicted molar refractivity (Wildman–Crippen MR) is 23.7 cm³/mol. The van der Waals surface area contributed by atoms with Gasteiger partial charge in [-0.05, 0) is 0 Å². The van der Waals surface area contributed by atoms with E-state index in [9.17, 15) is 0 Å². The van der Waals surface area contributed by atoms with Crippen LogP contribution in [0.5, 0.6) is 0 Å². The fraction of sp³-hybridized carbons (Fsp3) is 0. The molecule has 6 N–H and O–H groups in total. The minimum atomic E-state index is 0. The zero-order valence-electron chi connectivity index (χ0n) is 13.1. The van der Waals surface area contributed by atoms with Crippen LogP contribution in [-0.4, -0.2) is 0 Å². The summed E-state index contributed by atoms with van der Waals surface area (Å²) in [6.07, 6.45) is 0. The molecular weight excluding hydrogens is 244 g/mol. The summed E-state index contributed by atoms with van der Waals surface area (Å²) in [5.41, 5.74) is 0. The summed E-state index contributed by atoms with van der Waals surface area (Å²) in [7, 11) is 0. The third-order valence-electron chi connectivity index (χ3n) is 0. The fourth-order valence-corrected chi connectivity index (χ4v) is 0. The first-order valence-electron chi connectivity index (χ1n) is 0. The van der Waals surface area contributed by atoms with E-state index >= 15 is 0 Å². The van der Waals surface area contributed by atoms with Gasteiger partial charge in [-0.1, -0.05) is 0 Å². The molecule has 0 unspecified atom stereocenters. The van der Waals surface area contributed by atoms with Crippen molar-refractivity contribution in [1.82, 2.24) is 12.3 Å². The molecule has 0 aliphatic rings. The van der Waals surface area contributed by atoms with Crippen LogP contribution in [0, 0.1) is 0 Å². The van der Waals surface area contributed by atoms with E-state index in [-0.39, 0.29) is 96.8 Å². The molecule has 0 heterocycles. The summed E-state index contributed by atoms with van der Waals surface area (Å²) in [5, 5.41) is 0. The minimum absolute atomic E-state index is 0. The molecule has 0 rings (SSSR count). The molecule has 0 aromatic carbocycles. The molecule has 0 aliphatic heterocycles. The van der Waals surface area contributed by atoms with Crippen molar-refractivity contribution in [2.24, 2.45) is 0 Å². The van der Waals surface area contributed by atoms with Gasteiger partial charge < -0.3 is 50.6 Å². The first-order valence-corrected chi connectivity index (χ1v) is 0. The Kier molecular flexibility index (Phi) is 498000. The third-order valence-corrected chi connectivity index (χ3v) is 0. The van der Waals surface area contributed by atoms with Crippen LogP contribution in [0.15, 0.2) is 0 Å². The second-order valence-corrected chi connectivity index (χ2v) is 0. The summed E-state index contributed by atoms with van der Waals surface area (Å²) >= 11 is 0. The molecule has 0 aliphatic carbocycles. The molecule has 0 amide bonds. The van der Waals surface area contributed by atoms with Crippen molar-refractivity contribution >= 4 is 0 Å². The Labute approximate surface area is 97.6 Å². The van der Waals surface area contributed by atoms with Gasteiger partial charge in [-0.15, -0.1) is 0 Å². The monoisotopic (exact) mass is 258 g/mol. The summed E-state index contributed by atoms with van der Waals surface area (Å²) in [6, 6.07) is 0. The van der Waals surface area contributed by atoms with Gasteiger partial charge in [0.2, 0.25) is 0 Å². The van der Waals surface area contributed by atoms with Gasteiger partial charge in [0.05, 0.1) is 0 Å². The molecule has 8 radical (unpaired) electrons. The van der Waals surface area contributed by atoms with Crippen LogP contribution in [0.1, 0.15) is 11.4 Å². The molecule has 0 aromatic rings. The van der Waals surface area contributed by atoms with Crippen LogP contribution < -0.4 is 12.3 Å². The van der Waals surface area contributed by atoms with E-state index < -0.39 is 0 Å². The van der Waals surface area contributed by atoms with Gasteiger partial charge in [0, 0.05) is 46.1 Å². The zero-order chi connectivity index (χ0) is 0. The molecule has 0 fully saturated rings. The quantitative estimate of drug-likeness (QED) is 0.622. The maximum absolute atomic E-state index is 0. The standard InChI is InChI=1S/2Cr.2H3N.7O.8H/h;;2*1H3;;;;;;;;;;;;;;;/q;;;;7*-2;;;;;;;;. The first kappa shape index (κ1) is 2700. The Morgan fingerprint density at radius 1 is 0.364 bits per heavy atom. The van der Waals surface area contributed by atoms with E-state index in [0.29, 0.717) is 0 Å². The van der Waals surface area contributed by atoms with Crippen molar-refractivity contribution in [2.45, 2.75) is 0 Å². The second kappa shape index (κ2) is 2030. The number of hydrogen-bond donors (Lipinski definition) is 2. The Bertz CT molecular complexity index is 33.1. The normalized spacial score (nSPS) is 0. The van der Waals surface area contributed by atoms with Crippen molar-refractivity contribution in [3.63, 3.8) is 0 Å². The largest absolute Gasteiger partial charge is 2.00 e. The zero-order valence-corrected chi connectivity index (χ0v) is 7.64. The summed E-state index contributed by atoms with van der Waals surface area (Å²) in [6.45, 7) is 0. The van der Waals surface area contributed by atoms with Crippen LogP contribution in [0.25, 0.3) is 0 Å². The van der Waals surface area contributed by atoms with Crippen molar-refractivity contribution < 1.29 is 84.5 Å². The van der Waals surface area contributed by atoms with Gasteiger partial charge in [-0.2, -0.15) is 0 Å². The van der Waals surface area contributed by atoms with E-state index in [0.717, 1.165) is 0 Å². The minimum Gasteiger partial charge on any atom is -2.00 e. The van der Waals surface area contributed by atoms with Crippen LogP contribution in [-0.2, 0) is 73.1 Å². The molecule has 0 atom stereocenters. The Balaban J connectivity index is 0. The van der Waals surface area contributed by atoms with Gasteiger partial charge >= 0.3 is 0 Å². The van der Waals surface area contributed by atoms with Gasteiger partial charge in [0.1, 0.15) is 0 Å². The van der Waals surface area contributed by atoms with Crippen molar-refractivity contribution in [3.8, 4) is 0 Å². The maximum atomic E-state index is 0. The summed E-state index contributed by atoms with van der Waals surface area (Å²) in [5.74, 6) is 0.